The molecule has 7 heteroatoms. The average Bonchev–Trinajstić information content (AvgIpc) is 3.04. The number of benzene rings is 3. The van der Waals surface area contributed by atoms with Crippen LogP contribution in [0.4, 0.5) is 4.39 Å². The van der Waals surface area contributed by atoms with Crippen molar-refractivity contribution < 1.29 is 14.0 Å². The number of primary amides is 1. The van der Waals surface area contributed by atoms with Crippen LogP contribution >= 0.6 is 0 Å². The van der Waals surface area contributed by atoms with Gasteiger partial charge in [0.15, 0.2) is 0 Å². The number of carbonyl (C=O) groups is 2. The number of rotatable bonds is 9. The Morgan fingerprint density at radius 3 is 2.53 bits per heavy atom. The van der Waals surface area contributed by atoms with Crippen molar-refractivity contribution in [3.05, 3.63) is 137 Å². The summed E-state index contributed by atoms with van der Waals surface area (Å²) in [5.41, 5.74) is 11.4. The molecule has 5 atom stereocenters. The molecule has 1 saturated carbocycles. The summed E-state index contributed by atoms with van der Waals surface area (Å²) in [5, 5.41) is 3.31. The highest BCUT2D eigenvalue weighted by Gasteiger charge is 2.50. The second-order valence-electron chi connectivity index (χ2n) is 13.3. The van der Waals surface area contributed by atoms with E-state index < -0.39 is 11.5 Å². The van der Waals surface area contributed by atoms with Gasteiger partial charge in [-0.1, -0.05) is 85.5 Å². The molecule has 0 bridgehead atoms. The van der Waals surface area contributed by atoms with E-state index in [2.05, 4.69) is 30.1 Å². The Labute approximate surface area is 277 Å². The number of nitrogens with zero attached hydrogens (tertiary/aromatic N) is 2. The standard InChI is InChI=1S/C40H43FN4O2/c1-25(2)43-36(29-11-6-5-7-12-29)24-37(38(46)45-21-18-28-10-8-9-13-34(28)27(45)4)44-26(3)33-15-14-30(23-35(33)41)31-16-19-40(39(42)47)20-17-32(40)22-31/h5-15,17,20,23-24,26-27,31-32,43H,1,16,18-19,21-22H2,2-4H3,(H2,42,47)/b36-24-,44-37?/t26?,27?,31?,32?,40-/m1/s1. The molecule has 4 unspecified atom stereocenters. The number of aliphatic imine (C=N–C) groups is 1. The van der Waals surface area contributed by atoms with Crippen molar-refractivity contribution in [1.29, 1.82) is 0 Å². The Bertz CT molecular complexity index is 1790. The topological polar surface area (TPSA) is 87.8 Å². The number of hydrogen-bond acceptors (Lipinski definition) is 4. The molecule has 0 aromatic heterocycles. The predicted molar refractivity (Wildman–Crippen MR) is 186 cm³/mol. The average molecular weight is 631 g/mol. The minimum absolute atomic E-state index is 0.0983. The quantitative estimate of drug-likeness (QED) is 0.189. The van der Waals surface area contributed by atoms with Gasteiger partial charge < -0.3 is 16.0 Å². The summed E-state index contributed by atoms with van der Waals surface area (Å²) < 4.78 is 15.9. The van der Waals surface area contributed by atoms with Crippen LogP contribution in [0.2, 0.25) is 0 Å². The molecule has 2 amide bonds. The molecule has 1 aliphatic heterocycles. The van der Waals surface area contributed by atoms with Crippen LogP contribution in [-0.2, 0) is 16.0 Å². The SMILES string of the molecule is C=C(C)N/C(=C\C(=NC(C)c1ccc(C2CC[C@@]3(C(N)=O)C=CC3C2)cc1F)C(=O)N1CCc2ccccc2C1C)c1ccccc1. The number of hydrogen-bond donors (Lipinski definition) is 2. The summed E-state index contributed by atoms with van der Waals surface area (Å²) in [7, 11) is 0. The first-order chi connectivity index (χ1) is 22.6. The van der Waals surface area contributed by atoms with Gasteiger partial charge in [0.05, 0.1) is 17.5 Å². The van der Waals surface area contributed by atoms with Crippen LogP contribution in [0.15, 0.2) is 108 Å². The van der Waals surface area contributed by atoms with Gasteiger partial charge in [-0.25, -0.2) is 4.39 Å². The van der Waals surface area contributed by atoms with Gasteiger partial charge in [-0.15, -0.1) is 0 Å². The van der Waals surface area contributed by atoms with Gasteiger partial charge in [0, 0.05) is 23.5 Å². The van der Waals surface area contributed by atoms with Crippen molar-refractivity contribution in [2.24, 2.45) is 22.1 Å². The third kappa shape index (κ3) is 6.31. The minimum atomic E-state index is -0.628. The summed E-state index contributed by atoms with van der Waals surface area (Å²) >= 11 is 0. The van der Waals surface area contributed by atoms with Crippen LogP contribution in [0.3, 0.4) is 0 Å². The van der Waals surface area contributed by atoms with E-state index in [1.165, 1.54) is 5.56 Å². The lowest BCUT2D eigenvalue weighted by atomic mass is 9.56. The van der Waals surface area contributed by atoms with Crippen molar-refractivity contribution in [2.45, 2.75) is 64.5 Å². The molecule has 2 aliphatic carbocycles. The predicted octanol–water partition coefficient (Wildman–Crippen LogP) is 7.56. The molecule has 47 heavy (non-hydrogen) atoms. The maximum Gasteiger partial charge on any atom is 0.272 e. The fourth-order valence-corrected chi connectivity index (χ4v) is 7.49. The van der Waals surface area contributed by atoms with Crippen LogP contribution in [0.5, 0.6) is 0 Å². The Kier molecular flexibility index (Phi) is 9.00. The van der Waals surface area contributed by atoms with Crippen molar-refractivity contribution in [3.63, 3.8) is 0 Å². The van der Waals surface area contributed by atoms with E-state index in [9.17, 15) is 9.59 Å². The highest BCUT2D eigenvalue weighted by Crippen LogP contribution is 2.53. The maximum absolute atomic E-state index is 15.9. The largest absolute Gasteiger partial charge is 0.369 e. The second-order valence-corrected chi connectivity index (χ2v) is 13.3. The van der Waals surface area contributed by atoms with Crippen LogP contribution in [0, 0.1) is 17.2 Å². The molecule has 6 nitrogen and oxygen atoms in total. The van der Waals surface area contributed by atoms with Crippen molar-refractivity contribution >= 4 is 23.2 Å². The summed E-state index contributed by atoms with van der Waals surface area (Å²) in [5.74, 6) is -0.588. The number of amides is 2. The zero-order chi connectivity index (χ0) is 33.3. The summed E-state index contributed by atoms with van der Waals surface area (Å²) in [6.07, 6.45) is 8.73. The first-order valence-electron chi connectivity index (χ1n) is 16.5. The molecule has 242 valence electrons. The lowest BCUT2D eigenvalue weighted by Gasteiger charge is -2.47. The van der Waals surface area contributed by atoms with Crippen LogP contribution in [-0.4, -0.2) is 29.0 Å². The van der Waals surface area contributed by atoms with Gasteiger partial charge in [-0.3, -0.25) is 14.6 Å². The highest BCUT2D eigenvalue weighted by atomic mass is 19.1. The third-order valence-electron chi connectivity index (χ3n) is 10.3. The lowest BCUT2D eigenvalue weighted by Crippen LogP contribution is -2.48. The van der Waals surface area contributed by atoms with Crippen molar-refractivity contribution in [3.8, 4) is 0 Å². The molecule has 3 aliphatic rings. The molecular formula is C40H43FN4O2. The number of nitrogens with two attached hydrogens (primary N) is 1. The minimum Gasteiger partial charge on any atom is -0.369 e. The number of allylic oxidation sites excluding steroid dienone is 2. The van der Waals surface area contributed by atoms with Gasteiger partial charge in [0.2, 0.25) is 5.91 Å². The van der Waals surface area contributed by atoms with Crippen LogP contribution in [0.25, 0.3) is 5.70 Å². The fraction of sp³-hybridized carbons (Fsp3) is 0.325. The number of fused-ring (bicyclic) bond motifs is 2. The molecule has 0 saturated heterocycles. The van der Waals surface area contributed by atoms with E-state index in [0.29, 0.717) is 24.2 Å². The van der Waals surface area contributed by atoms with Gasteiger partial charge in [0.25, 0.3) is 5.91 Å². The lowest BCUT2D eigenvalue weighted by molar-refractivity contribution is -0.130. The maximum atomic E-state index is 15.9. The Morgan fingerprint density at radius 2 is 1.87 bits per heavy atom. The number of carbonyl (C=O) groups excluding carboxylic acids is 2. The van der Waals surface area contributed by atoms with Gasteiger partial charge in [-0.2, -0.15) is 0 Å². The summed E-state index contributed by atoms with van der Waals surface area (Å²) in [6, 6.07) is 22.6. The zero-order valence-electron chi connectivity index (χ0n) is 27.4. The molecule has 0 spiro atoms. The first-order valence-corrected chi connectivity index (χ1v) is 16.5. The van der Waals surface area contributed by atoms with E-state index in [1.54, 1.807) is 18.2 Å². The molecule has 3 N–H and O–H groups in total. The molecule has 3 aromatic rings. The van der Waals surface area contributed by atoms with Gasteiger partial charge in [-0.05, 0) is 92.7 Å². The molecule has 1 fully saturated rings. The fourth-order valence-electron chi connectivity index (χ4n) is 7.49. The van der Waals surface area contributed by atoms with Crippen molar-refractivity contribution in [1.82, 2.24) is 10.2 Å². The summed E-state index contributed by atoms with van der Waals surface area (Å²) in [4.78, 5) is 33.3. The molecule has 6 rings (SSSR count). The number of nitrogens with one attached hydrogen (secondary N) is 1. The van der Waals surface area contributed by atoms with Crippen LogP contribution in [0.1, 0.15) is 85.9 Å². The van der Waals surface area contributed by atoms with E-state index in [4.69, 9.17) is 10.7 Å². The van der Waals surface area contributed by atoms with Gasteiger partial charge in [0.1, 0.15) is 11.5 Å². The smallest absolute Gasteiger partial charge is 0.272 e. The zero-order valence-corrected chi connectivity index (χ0v) is 27.4. The highest BCUT2D eigenvalue weighted by molar-refractivity contribution is 6.44. The van der Waals surface area contributed by atoms with E-state index in [-0.39, 0.29) is 41.2 Å². The summed E-state index contributed by atoms with van der Waals surface area (Å²) in [6.45, 7) is 10.3. The molecule has 3 aromatic carbocycles. The molecule has 1 heterocycles. The normalized spacial score (nSPS) is 24.4. The Morgan fingerprint density at radius 1 is 1.13 bits per heavy atom. The van der Waals surface area contributed by atoms with Crippen LogP contribution < -0.4 is 11.1 Å². The Hall–Kier alpha value is -4.78. The Balaban J connectivity index is 1.33. The van der Waals surface area contributed by atoms with E-state index >= 15 is 4.39 Å². The second kappa shape index (κ2) is 13.1. The van der Waals surface area contributed by atoms with E-state index in [1.807, 2.05) is 80.3 Å². The number of halogens is 1. The molecule has 0 radical (unpaired) electrons. The van der Waals surface area contributed by atoms with E-state index in [0.717, 1.165) is 41.6 Å². The third-order valence-corrected chi connectivity index (χ3v) is 10.3. The van der Waals surface area contributed by atoms with Crippen molar-refractivity contribution in [2.75, 3.05) is 6.54 Å². The first kappa shape index (κ1) is 32.2. The molecular weight excluding hydrogens is 587 g/mol. The van der Waals surface area contributed by atoms with Gasteiger partial charge >= 0.3 is 0 Å². The monoisotopic (exact) mass is 630 g/mol.